The molecule has 3 nitrogen and oxygen atoms in total. The zero-order valence-electron chi connectivity index (χ0n) is 12.9. The van der Waals surface area contributed by atoms with Gasteiger partial charge in [-0.15, -0.1) is 0 Å². The zero-order valence-corrected chi connectivity index (χ0v) is 12.9. The van der Waals surface area contributed by atoms with Gasteiger partial charge in [-0.3, -0.25) is 4.99 Å². The quantitative estimate of drug-likeness (QED) is 0.856. The summed E-state index contributed by atoms with van der Waals surface area (Å²) in [6.45, 7) is 8.50. The van der Waals surface area contributed by atoms with Crippen LogP contribution in [0.15, 0.2) is 17.1 Å². The highest BCUT2D eigenvalue weighted by Crippen LogP contribution is 2.31. The van der Waals surface area contributed by atoms with Crippen LogP contribution in [0.2, 0.25) is 0 Å². The van der Waals surface area contributed by atoms with E-state index >= 15 is 0 Å². The van der Waals surface area contributed by atoms with E-state index in [1.165, 1.54) is 40.9 Å². The first-order valence-corrected chi connectivity index (χ1v) is 7.72. The average molecular weight is 271 g/mol. The number of aliphatic imine (C=N–C) groups is 1. The van der Waals surface area contributed by atoms with Gasteiger partial charge >= 0.3 is 0 Å². The lowest BCUT2D eigenvalue weighted by atomic mass is 9.98. The summed E-state index contributed by atoms with van der Waals surface area (Å²) in [6, 6.07) is 4.52. The summed E-state index contributed by atoms with van der Waals surface area (Å²) in [6.07, 6.45) is 2.74. The van der Waals surface area contributed by atoms with Crippen LogP contribution >= 0.6 is 0 Å². The maximum Gasteiger partial charge on any atom is 0.0446 e. The molecule has 0 amide bonds. The SMILES string of the molecule is CC(=NCC1CC1)c1ccc2c(c1C)N(C)CCNC2. The third-order valence-electron chi connectivity index (χ3n) is 4.51. The number of anilines is 1. The molecule has 3 heteroatoms. The fraction of sp³-hybridized carbons (Fsp3) is 0.588. The van der Waals surface area contributed by atoms with Crippen LogP contribution in [0.25, 0.3) is 0 Å². The number of likely N-dealkylation sites (N-methyl/N-ethyl adjacent to an activating group) is 1. The monoisotopic (exact) mass is 271 g/mol. The van der Waals surface area contributed by atoms with E-state index in [-0.39, 0.29) is 0 Å². The molecule has 0 aromatic heterocycles. The van der Waals surface area contributed by atoms with Crippen molar-refractivity contribution in [2.45, 2.75) is 33.2 Å². The van der Waals surface area contributed by atoms with E-state index in [2.05, 4.69) is 43.2 Å². The number of benzene rings is 1. The first-order valence-electron chi connectivity index (χ1n) is 7.72. The first kappa shape index (κ1) is 13.6. The zero-order chi connectivity index (χ0) is 14.1. The second kappa shape index (κ2) is 5.57. The second-order valence-corrected chi connectivity index (χ2v) is 6.21. The Morgan fingerprint density at radius 2 is 2.20 bits per heavy atom. The van der Waals surface area contributed by atoms with Crippen molar-refractivity contribution in [3.8, 4) is 0 Å². The lowest BCUT2D eigenvalue weighted by molar-refractivity contribution is 0.707. The molecule has 1 saturated carbocycles. The topological polar surface area (TPSA) is 27.6 Å². The van der Waals surface area contributed by atoms with Crippen LogP contribution < -0.4 is 10.2 Å². The molecule has 0 radical (unpaired) electrons. The Morgan fingerprint density at radius 3 is 2.95 bits per heavy atom. The third-order valence-corrected chi connectivity index (χ3v) is 4.51. The van der Waals surface area contributed by atoms with E-state index in [0.717, 1.165) is 32.1 Å². The van der Waals surface area contributed by atoms with Gasteiger partial charge in [-0.05, 0) is 43.7 Å². The fourth-order valence-electron chi connectivity index (χ4n) is 3.06. The molecule has 1 aliphatic heterocycles. The first-order chi connectivity index (χ1) is 9.66. The molecular weight excluding hydrogens is 246 g/mol. The summed E-state index contributed by atoms with van der Waals surface area (Å²) in [4.78, 5) is 7.17. The van der Waals surface area contributed by atoms with Gasteiger partial charge in [0.05, 0.1) is 0 Å². The predicted molar refractivity (Wildman–Crippen MR) is 86.0 cm³/mol. The van der Waals surface area contributed by atoms with Gasteiger partial charge in [0.1, 0.15) is 0 Å². The molecule has 20 heavy (non-hydrogen) atoms. The van der Waals surface area contributed by atoms with Gasteiger partial charge in [0.15, 0.2) is 0 Å². The highest BCUT2D eigenvalue weighted by Gasteiger charge is 2.21. The Labute approximate surface area is 122 Å². The molecule has 0 atom stereocenters. The van der Waals surface area contributed by atoms with Gasteiger partial charge in [0, 0.05) is 50.2 Å². The Bertz CT molecular complexity index is 529. The second-order valence-electron chi connectivity index (χ2n) is 6.21. The molecule has 0 spiro atoms. The largest absolute Gasteiger partial charge is 0.373 e. The molecule has 1 aromatic rings. The number of fused-ring (bicyclic) bond motifs is 1. The average Bonchev–Trinajstić information content (AvgIpc) is 3.25. The van der Waals surface area contributed by atoms with Crippen LogP contribution in [0.3, 0.4) is 0 Å². The van der Waals surface area contributed by atoms with E-state index in [0.29, 0.717) is 0 Å². The van der Waals surface area contributed by atoms with E-state index in [9.17, 15) is 0 Å². The van der Waals surface area contributed by atoms with Gasteiger partial charge in [0.2, 0.25) is 0 Å². The minimum absolute atomic E-state index is 0.859. The minimum Gasteiger partial charge on any atom is -0.373 e. The molecule has 1 heterocycles. The van der Waals surface area contributed by atoms with Crippen LogP contribution in [0, 0.1) is 12.8 Å². The number of hydrogen-bond acceptors (Lipinski definition) is 3. The summed E-state index contributed by atoms with van der Waals surface area (Å²) >= 11 is 0. The van der Waals surface area contributed by atoms with Gasteiger partial charge in [-0.1, -0.05) is 12.1 Å². The van der Waals surface area contributed by atoms with E-state index in [1.807, 2.05) is 0 Å². The van der Waals surface area contributed by atoms with Crippen molar-refractivity contribution in [1.29, 1.82) is 0 Å². The normalized spacial score (nSPS) is 19.8. The molecule has 1 aliphatic carbocycles. The summed E-state index contributed by atoms with van der Waals surface area (Å²) in [7, 11) is 2.19. The maximum absolute atomic E-state index is 4.80. The van der Waals surface area contributed by atoms with Crippen LogP contribution in [-0.4, -0.2) is 32.4 Å². The van der Waals surface area contributed by atoms with Crippen molar-refractivity contribution in [1.82, 2.24) is 5.32 Å². The van der Waals surface area contributed by atoms with E-state index in [1.54, 1.807) is 0 Å². The van der Waals surface area contributed by atoms with Gasteiger partial charge < -0.3 is 10.2 Å². The number of rotatable bonds is 3. The molecule has 0 saturated heterocycles. The van der Waals surface area contributed by atoms with Gasteiger partial charge in [-0.25, -0.2) is 0 Å². The van der Waals surface area contributed by atoms with Crippen molar-refractivity contribution in [3.05, 3.63) is 28.8 Å². The highest BCUT2D eigenvalue weighted by atomic mass is 15.1. The minimum atomic E-state index is 0.859. The molecular formula is C17H25N3. The predicted octanol–water partition coefficient (Wildman–Crippen LogP) is 2.75. The van der Waals surface area contributed by atoms with Crippen LogP contribution in [0.5, 0.6) is 0 Å². The Balaban J connectivity index is 1.94. The Hall–Kier alpha value is -1.35. The van der Waals surface area contributed by atoms with Crippen LogP contribution in [0.1, 0.15) is 36.5 Å². The number of hydrogen-bond donors (Lipinski definition) is 1. The van der Waals surface area contributed by atoms with Crippen molar-refractivity contribution in [2.75, 3.05) is 31.6 Å². The molecule has 2 aliphatic rings. The molecule has 1 aromatic carbocycles. The van der Waals surface area contributed by atoms with Crippen molar-refractivity contribution < 1.29 is 0 Å². The molecule has 108 valence electrons. The molecule has 0 bridgehead atoms. The number of nitrogens with zero attached hydrogens (tertiary/aromatic N) is 2. The molecule has 0 unspecified atom stereocenters. The Morgan fingerprint density at radius 1 is 1.40 bits per heavy atom. The highest BCUT2D eigenvalue weighted by molar-refractivity contribution is 6.01. The maximum atomic E-state index is 4.80. The van der Waals surface area contributed by atoms with Gasteiger partial charge in [-0.2, -0.15) is 0 Å². The van der Waals surface area contributed by atoms with Crippen LogP contribution in [-0.2, 0) is 6.54 Å². The van der Waals surface area contributed by atoms with Crippen LogP contribution in [0.4, 0.5) is 5.69 Å². The standard InChI is InChI=1S/C17H25N3/c1-12-16(13(2)19-10-14-4-5-14)7-6-15-11-18-8-9-20(3)17(12)15/h6-7,14,18H,4-5,8-11H2,1-3H3. The van der Waals surface area contributed by atoms with E-state index < -0.39 is 0 Å². The Kier molecular flexibility index (Phi) is 3.79. The van der Waals surface area contributed by atoms with E-state index in [4.69, 9.17) is 4.99 Å². The molecule has 1 fully saturated rings. The van der Waals surface area contributed by atoms with Gasteiger partial charge in [0.25, 0.3) is 0 Å². The summed E-state index contributed by atoms with van der Waals surface area (Å²) in [5.41, 5.74) is 6.70. The molecule has 1 N–H and O–H groups in total. The van der Waals surface area contributed by atoms with Crippen molar-refractivity contribution >= 4 is 11.4 Å². The summed E-state index contributed by atoms with van der Waals surface area (Å²) in [5.74, 6) is 0.859. The summed E-state index contributed by atoms with van der Waals surface area (Å²) in [5, 5.41) is 3.49. The smallest absolute Gasteiger partial charge is 0.0446 e. The van der Waals surface area contributed by atoms with Crippen molar-refractivity contribution in [3.63, 3.8) is 0 Å². The number of nitrogens with one attached hydrogen (secondary N) is 1. The lowest BCUT2D eigenvalue weighted by Crippen LogP contribution is -2.25. The summed E-state index contributed by atoms with van der Waals surface area (Å²) < 4.78 is 0. The fourth-order valence-corrected chi connectivity index (χ4v) is 3.06. The third kappa shape index (κ3) is 2.73. The lowest BCUT2D eigenvalue weighted by Gasteiger charge is -2.23. The molecule has 3 rings (SSSR count). The van der Waals surface area contributed by atoms with Crippen molar-refractivity contribution in [2.24, 2.45) is 10.9 Å².